The number of thiazole rings is 1. The molecule has 49 heavy (non-hydrogen) atoms. The summed E-state index contributed by atoms with van der Waals surface area (Å²) in [6.45, 7) is 5.67. The second kappa shape index (κ2) is 14.2. The third-order valence-electron chi connectivity index (χ3n) is 7.83. The van der Waals surface area contributed by atoms with Gasteiger partial charge in [0.2, 0.25) is 0 Å². The van der Waals surface area contributed by atoms with Crippen molar-refractivity contribution in [1.29, 1.82) is 0 Å². The summed E-state index contributed by atoms with van der Waals surface area (Å²) in [7, 11) is 2.72. The maximum Gasteiger partial charge on any atom is 0.338 e. The van der Waals surface area contributed by atoms with Crippen molar-refractivity contribution in [2.45, 2.75) is 33.2 Å². The minimum absolute atomic E-state index is 0.201. The van der Waals surface area contributed by atoms with Gasteiger partial charge in [0, 0.05) is 24.2 Å². The van der Waals surface area contributed by atoms with Crippen LogP contribution in [0.15, 0.2) is 100 Å². The molecule has 6 rings (SSSR count). The van der Waals surface area contributed by atoms with E-state index in [0.717, 1.165) is 23.4 Å². The number of hydrogen-bond acceptors (Lipinski definition) is 10. The quantitative estimate of drug-likeness (QED) is 0.150. The van der Waals surface area contributed by atoms with E-state index < -0.39 is 18.0 Å². The van der Waals surface area contributed by atoms with Gasteiger partial charge in [-0.15, -0.1) is 0 Å². The standard InChI is InChI=1S/C37H34N4O7S/c1-6-18-47-28-15-12-24(13-16-28)33-26(21-40(39-33)27-10-8-7-9-11-27)20-31-35(43)41-34(32(36(44)46-5)22(2)38-37(41)49-31)25-14-17-29(48-23(3)42)30(19-25)45-4/h7-17,19-21,34H,6,18H2,1-5H3/b31-20-. The lowest BCUT2D eigenvalue weighted by Crippen LogP contribution is -2.39. The Bertz CT molecular complexity index is 2250. The van der Waals surface area contributed by atoms with Crippen LogP contribution in [0.2, 0.25) is 0 Å². The molecule has 12 heteroatoms. The number of aromatic nitrogens is 3. The first-order valence-electron chi connectivity index (χ1n) is 15.6. The van der Waals surface area contributed by atoms with Crippen molar-refractivity contribution in [2.75, 3.05) is 20.8 Å². The van der Waals surface area contributed by atoms with Crippen molar-refractivity contribution in [3.05, 3.63) is 121 Å². The smallest absolute Gasteiger partial charge is 0.338 e. The Morgan fingerprint density at radius 3 is 2.43 bits per heavy atom. The molecule has 0 amide bonds. The maximum atomic E-state index is 14.4. The predicted molar refractivity (Wildman–Crippen MR) is 185 cm³/mol. The molecule has 250 valence electrons. The SMILES string of the molecule is CCCOc1ccc(-c2nn(-c3ccccc3)cc2/C=c2\sc3n(c2=O)C(c2ccc(OC(C)=O)c(OC)c2)C(C(=O)OC)=C(C)N=3)cc1. The van der Waals surface area contributed by atoms with Gasteiger partial charge in [0.15, 0.2) is 16.3 Å². The molecule has 3 aromatic carbocycles. The lowest BCUT2D eigenvalue weighted by molar-refractivity contribution is -0.136. The third kappa shape index (κ3) is 6.68. The summed E-state index contributed by atoms with van der Waals surface area (Å²) in [4.78, 5) is 44.3. The average molecular weight is 679 g/mol. The Labute approximate surface area is 286 Å². The molecule has 1 aliphatic heterocycles. The van der Waals surface area contributed by atoms with Gasteiger partial charge < -0.3 is 18.9 Å². The first kappa shape index (κ1) is 33.2. The number of benzene rings is 3. The normalized spacial score (nSPS) is 14.2. The first-order chi connectivity index (χ1) is 23.7. The van der Waals surface area contributed by atoms with E-state index in [1.165, 1.54) is 37.0 Å². The van der Waals surface area contributed by atoms with E-state index in [1.54, 1.807) is 35.9 Å². The number of carbonyl (C=O) groups excluding carboxylic acids is 2. The Morgan fingerprint density at radius 1 is 1.00 bits per heavy atom. The largest absolute Gasteiger partial charge is 0.494 e. The molecular formula is C37H34N4O7S. The summed E-state index contributed by atoms with van der Waals surface area (Å²) in [5.41, 5.74) is 3.89. The molecule has 1 atom stereocenters. The van der Waals surface area contributed by atoms with Crippen LogP contribution in [0.25, 0.3) is 23.0 Å². The van der Waals surface area contributed by atoms with Crippen molar-refractivity contribution in [2.24, 2.45) is 4.99 Å². The summed E-state index contributed by atoms with van der Waals surface area (Å²) >= 11 is 1.21. The molecule has 0 saturated carbocycles. The highest BCUT2D eigenvalue weighted by Gasteiger charge is 2.34. The number of hydrogen-bond donors (Lipinski definition) is 0. The molecule has 1 unspecified atom stereocenters. The van der Waals surface area contributed by atoms with Crippen LogP contribution in [0.1, 0.15) is 44.4 Å². The summed E-state index contributed by atoms with van der Waals surface area (Å²) in [6.07, 6.45) is 4.58. The monoisotopic (exact) mass is 678 g/mol. The number of ether oxygens (including phenoxy) is 4. The Balaban J connectivity index is 1.52. The molecule has 5 aromatic rings. The van der Waals surface area contributed by atoms with Crippen LogP contribution < -0.4 is 29.1 Å². The molecule has 0 aliphatic carbocycles. The molecular weight excluding hydrogens is 644 g/mol. The van der Waals surface area contributed by atoms with E-state index in [4.69, 9.17) is 24.0 Å². The lowest BCUT2D eigenvalue weighted by Gasteiger charge is -2.25. The van der Waals surface area contributed by atoms with Gasteiger partial charge >= 0.3 is 11.9 Å². The molecule has 0 N–H and O–H groups in total. The second-order valence-electron chi connectivity index (χ2n) is 11.2. The molecule has 0 radical (unpaired) electrons. The number of para-hydroxylation sites is 1. The fraction of sp³-hybridized carbons (Fsp3) is 0.216. The minimum atomic E-state index is -0.895. The van der Waals surface area contributed by atoms with Crippen molar-refractivity contribution in [3.8, 4) is 34.2 Å². The van der Waals surface area contributed by atoms with Gasteiger partial charge in [0.25, 0.3) is 5.56 Å². The van der Waals surface area contributed by atoms with E-state index in [-0.39, 0.29) is 22.6 Å². The van der Waals surface area contributed by atoms with Crippen LogP contribution in [-0.2, 0) is 14.3 Å². The number of carbonyl (C=O) groups is 2. The van der Waals surface area contributed by atoms with Crippen LogP contribution in [0.5, 0.6) is 17.2 Å². The van der Waals surface area contributed by atoms with Gasteiger partial charge in [0.1, 0.15) is 11.4 Å². The topological polar surface area (TPSA) is 123 Å². The minimum Gasteiger partial charge on any atom is -0.494 e. The van der Waals surface area contributed by atoms with Gasteiger partial charge in [-0.05, 0) is 73.5 Å². The van der Waals surface area contributed by atoms with Crippen molar-refractivity contribution in [1.82, 2.24) is 14.3 Å². The lowest BCUT2D eigenvalue weighted by atomic mass is 9.95. The molecule has 3 heterocycles. The molecule has 1 aliphatic rings. The zero-order valence-electron chi connectivity index (χ0n) is 27.6. The molecule has 0 saturated heterocycles. The van der Waals surface area contributed by atoms with Gasteiger partial charge in [-0.1, -0.05) is 42.5 Å². The van der Waals surface area contributed by atoms with E-state index >= 15 is 0 Å². The summed E-state index contributed by atoms with van der Waals surface area (Å²) in [5, 5.41) is 4.92. The first-order valence-corrected chi connectivity index (χ1v) is 16.4. The summed E-state index contributed by atoms with van der Waals surface area (Å²) < 4.78 is 25.4. The van der Waals surface area contributed by atoms with Crippen LogP contribution >= 0.6 is 11.3 Å². The third-order valence-corrected chi connectivity index (χ3v) is 8.82. The predicted octanol–water partition coefficient (Wildman–Crippen LogP) is 4.98. The highest BCUT2D eigenvalue weighted by molar-refractivity contribution is 7.07. The maximum absolute atomic E-state index is 14.4. The van der Waals surface area contributed by atoms with Gasteiger partial charge in [-0.25, -0.2) is 14.5 Å². The number of methoxy groups -OCH3 is 2. The van der Waals surface area contributed by atoms with E-state index in [2.05, 4.69) is 11.9 Å². The average Bonchev–Trinajstić information content (AvgIpc) is 3.67. The fourth-order valence-electron chi connectivity index (χ4n) is 5.60. The number of rotatable bonds is 10. The molecule has 11 nitrogen and oxygen atoms in total. The zero-order valence-corrected chi connectivity index (χ0v) is 28.4. The van der Waals surface area contributed by atoms with Crippen LogP contribution in [0, 0.1) is 0 Å². The summed E-state index contributed by atoms with van der Waals surface area (Å²) in [5.74, 6) is 0.0940. The zero-order chi connectivity index (χ0) is 34.7. The molecule has 0 fully saturated rings. The fourth-order valence-corrected chi connectivity index (χ4v) is 6.64. The van der Waals surface area contributed by atoms with Crippen LogP contribution in [0.4, 0.5) is 0 Å². The number of nitrogens with zero attached hydrogens (tertiary/aromatic N) is 4. The van der Waals surface area contributed by atoms with Crippen molar-refractivity contribution in [3.63, 3.8) is 0 Å². The second-order valence-corrected chi connectivity index (χ2v) is 12.2. The molecule has 2 aromatic heterocycles. The summed E-state index contributed by atoms with van der Waals surface area (Å²) in [6, 6.07) is 21.4. The van der Waals surface area contributed by atoms with Gasteiger partial charge in [-0.3, -0.25) is 14.2 Å². The van der Waals surface area contributed by atoms with E-state index in [1.807, 2.05) is 60.8 Å². The number of fused-ring (bicyclic) bond motifs is 1. The van der Waals surface area contributed by atoms with Crippen molar-refractivity contribution < 1.29 is 28.5 Å². The van der Waals surface area contributed by atoms with Crippen LogP contribution in [0.3, 0.4) is 0 Å². The Kier molecular flexibility index (Phi) is 9.58. The Hall–Kier alpha value is -5.75. The molecule has 0 bridgehead atoms. The van der Waals surface area contributed by atoms with Gasteiger partial charge in [-0.2, -0.15) is 5.10 Å². The number of esters is 2. The van der Waals surface area contributed by atoms with Crippen molar-refractivity contribution >= 4 is 29.4 Å². The highest BCUT2D eigenvalue weighted by Crippen LogP contribution is 2.36. The van der Waals surface area contributed by atoms with E-state index in [9.17, 15) is 14.4 Å². The van der Waals surface area contributed by atoms with Gasteiger partial charge in [0.05, 0.1) is 48.4 Å². The highest BCUT2D eigenvalue weighted by atomic mass is 32.1. The van der Waals surface area contributed by atoms with E-state index in [0.29, 0.717) is 38.5 Å². The molecule has 0 spiro atoms. The van der Waals surface area contributed by atoms with Crippen LogP contribution in [-0.4, -0.2) is 47.1 Å². The number of allylic oxidation sites excluding steroid dienone is 1. The Morgan fingerprint density at radius 2 is 1.76 bits per heavy atom.